The molecule has 2 N–H and O–H groups in total. The molecule has 1 aliphatic heterocycles. The zero-order chi connectivity index (χ0) is 15.2. The number of amidine groups is 1. The van der Waals surface area contributed by atoms with Gasteiger partial charge in [0.1, 0.15) is 22.8 Å². The van der Waals surface area contributed by atoms with Gasteiger partial charge in [0.25, 0.3) is 0 Å². The fourth-order valence-electron chi connectivity index (χ4n) is 2.03. The largest absolute Gasteiger partial charge is 0.497 e. The Bertz CT molecular complexity index is 558. The molecule has 114 valence electrons. The van der Waals surface area contributed by atoms with Crippen molar-refractivity contribution in [1.82, 2.24) is 10.9 Å². The summed E-state index contributed by atoms with van der Waals surface area (Å²) in [6.07, 6.45) is 2.86. The summed E-state index contributed by atoms with van der Waals surface area (Å²) in [5.74, 6) is 2.29. The van der Waals surface area contributed by atoms with Crippen LogP contribution in [0.1, 0.15) is 18.9 Å². The number of rotatable bonds is 5. The molecular weight excluding hydrogens is 290 g/mol. The summed E-state index contributed by atoms with van der Waals surface area (Å²) >= 11 is 6.12. The third-order valence-corrected chi connectivity index (χ3v) is 3.69. The number of nitrogens with zero attached hydrogens (tertiary/aromatic N) is 1. The average Bonchev–Trinajstić information content (AvgIpc) is 2.53. The highest BCUT2D eigenvalue weighted by Crippen LogP contribution is 2.25. The van der Waals surface area contributed by atoms with Crippen molar-refractivity contribution < 1.29 is 9.47 Å². The molecule has 1 aliphatic rings. The van der Waals surface area contributed by atoms with Crippen LogP contribution >= 0.6 is 11.6 Å². The fraction of sp³-hybridized carbons (Fsp3) is 0.400. The molecule has 21 heavy (non-hydrogen) atoms. The molecule has 0 saturated carbocycles. The van der Waals surface area contributed by atoms with Gasteiger partial charge in [-0.05, 0) is 30.2 Å². The molecule has 5 nitrogen and oxygen atoms in total. The molecular formula is C15H20ClN3O2. The molecule has 1 aromatic carbocycles. The van der Waals surface area contributed by atoms with Crippen molar-refractivity contribution in [1.29, 1.82) is 0 Å². The minimum atomic E-state index is -0.190. The monoisotopic (exact) mass is 309 g/mol. The van der Waals surface area contributed by atoms with Crippen LogP contribution in [0.3, 0.4) is 0 Å². The van der Waals surface area contributed by atoms with E-state index >= 15 is 0 Å². The lowest BCUT2D eigenvalue weighted by Crippen LogP contribution is -2.46. The molecule has 6 heteroatoms. The molecule has 1 heterocycles. The van der Waals surface area contributed by atoms with Gasteiger partial charge in [0.05, 0.1) is 20.8 Å². The Morgan fingerprint density at radius 3 is 2.76 bits per heavy atom. The first-order valence-corrected chi connectivity index (χ1v) is 7.23. The van der Waals surface area contributed by atoms with E-state index in [-0.39, 0.29) is 5.50 Å². The Balaban J connectivity index is 2.15. The number of benzene rings is 1. The van der Waals surface area contributed by atoms with Crippen molar-refractivity contribution in [3.8, 4) is 11.5 Å². The standard InChI is InChI=1S/C15H20ClN3O2/c1-4-10-7-14(18-19-15(10)16)17-9-11-5-6-12(20-2)8-13(11)21-3/h5-8,15,19H,4,9H2,1-3H3,(H,17,18). The highest BCUT2D eigenvalue weighted by atomic mass is 35.5. The Morgan fingerprint density at radius 2 is 2.10 bits per heavy atom. The van der Waals surface area contributed by atoms with Gasteiger partial charge in [-0.15, -0.1) is 0 Å². The molecule has 0 fully saturated rings. The molecule has 0 spiro atoms. The molecule has 2 rings (SSSR count). The lowest BCUT2D eigenvalue weighted by Gasteiger charge is -2.22. The number of alkyl halides is 1. The minimum absolute atomic E-state index is 0.190. The molecule has 0 amide bonds. The zero-order valence-electron chi connectivity index (χ0n) is 12.4. The second kappa shape index (κ2) is 7.33. The fourth-order valence-corrected chi connectivity index (χ4v) is 2.31. The summed E-state index contributed by atoms with van der Waals surface area (Å²) in [6.45, 7) is 2.58. The van der Waals surface area contributed by atoms with Crippen molar-refractivity contribution in [3.63, 3.8) is 0 Å². The van der Waals surface area contributed by atoms with Crippen molar-refractivity contribution in [2.45, 2.75) is 25.4 Å². The number of hydrogen-bond acceptors (Lipinski definition) is 4. The van der Waals surface area contributed by atoms with E-state index in [1.807, 2.05) is 24.3 Å². The maximum Gasteiger partial charge on any atom is 0.135 e. The summed E-state index contributed by atoms with van der Waals surface area (Å²) < 4.78 is 10.5. The van der Waals surface area contributed by atoms with Gasteiger partial charge in [-0.1, -0.05) is 18.5 Å². The van der Waals surface area contributed by atoms with Crippen LogP contribution < -0.4 is 20.3 Å². The van der Waals surface area contributed by atoms with Crippen LogP contribution in [0.15, 0.2) is 34.8 Å². The Morgan fingerprint density at radius 1 is 1.29 bits per heavy atom. The van der Waals surface area contributed by atoms with Gasteiger partial charge in [-0.3, -0.25) is 4.99 Å². The summed E-state index contributed by atoms with van der Waals surface area (Å²) in [4.78, 5) is 4.54. The van der Waals surface area contributed by atoms with Gasteiger partial charge >= 0.3 is 0 Å². The Kier molecular flexibility index (Phi) is 5.47. The predicted octanol–water partition coefficient (Wildman–Crippen LogP) is 2.61. The number of ether oxygens (including phenoxy) is 2. The summed E-state index contributed by atoms with van der Waals surface area (Å²) in [5, 5.41) is 0. The first-order valence-electron chi connectivity index (χ1n) is 6.79. The SMILES string of the molecule is CCC1=CC(=NCc2ccc(OC)cc2OC)NNC1Cl. The van der Waals surface area contributed by atoms with E-state index < -0.39 is 0 Å². The lowest BCUT2D eigenvalue weighted by atomic mass is 10.1. The number of halogens is 1. The van der Waals surface area contributed by atoms with E-state index in [9.17, 15) is 0 Å². The van der Waals surface area contributed by atoms with Crippen molar-refractivity contribution >= 4 is 17.4 Å². The van der Waals surface area contributed by atoms with E-state index in [4.69, 9.17) is 21.1 Å². The van der Waals surface area contributed by atoms with Gasteiger partial charge < -0.3 is 14.9 Å². The van der Waals surface area contributed by atoms with Gasteiger partial charge in [0, 0.05) is 11.6 Å². The Labute approximate surface area is 130 Å². The number of aliphatic imine (C=N–C) groups is 1. The third kappa shape index (κ3) is 3.89. The topological polar surface area (TPSA) is 54.9 Å². The molecule has 0 aromatic heterocycles. The zero-order valence-corrected chi connectivity index (χ0v) is 13.2. The van der Waals surface area contributed by atoms with Crippen LogP contribution in [0.4, 0.5) is 0 Å². The van der Waals surface area contributed by atoms with Gasteiger partial charge in [-0.2, -0.15) is 0 Å². The van der Waals surface area contributed by atoms with Crippen molar-refractivity contribution in [2.24, 2.45) is 4.99 Å². The smallest absolute Gasteiger partial charge is 0.135 e. The first kappa shape index (κ1) is 15.7. The normalized spacial score (nSPS) is 19.9. The molecule has 0 bridgehead atoms. The highest BCUT2D eigenvalue weighted by Gasteiger charge is 2.15. The van der Waals surface area contributed by atoms with Crippen LogP contribution in [0.5, 0.6) is 11.5 Å². The number of nitrogens with one attached hydrogen (secondary N) is 2. The second-order valence-electron chi connectivity index (χ2n) is 4.58. The first-order chi connectivity index (χ1) is 10.2. The molecule has 0 saturated heterocycles. The predicted molar refractivity (Wildman–Crippen MR) is 85.0 cm³/mol. The average molecular weight is 310 g/mol. The maximum atomic E-state index is 6.12. The number of hydrogen-bond donors (Lipinski definition) is 2. The van der Waals surface area contributed by atoms with E-state index in [1.165, 1.54) is 0 Å². The van der Waals surface area contributed by atoms with Crippen LogP contribution in [0.25, 0.3) is 0 Å². The minimum Gasteiger partial charge on any atom is -0.497 e. The molecule has 1 unspecified atom stereocenters. The summed E-state index contributed by atoms with van der Waals surface area (Å²) in [6, 6.07) is 5.70. The Hall–Kier alpha value is -1.72. The number of methoxy groups -OCH3 is 2. The van der Waals surface area contributed by atoms with Crippen molar-refractivity contribution in [3.05, 3.63) is 35.4 Å². The summed E-state index contributed by atoms with van der Waals surface area (Å²) in [5.41, 5.74) is 7.88. The van der Waals surface area contributed by atoms with E-state index in [0.717, 1.165) is 34.9 Å². The van der Waals surface area contributed by atoms with Gasteiger partial charge in [0.15, 0.2) is 0 Å². The van der Waals surface area contributed by atoms with E-state index in [0.29, 0.717) is 6.54 Å². The molecule has 0 radical (unpaired) electrons. The van der Waals surface area contributed by atoms with Gasteiger partial charge in [0.2, 0.25) is 0 Å². The van der Waals surface area contributed by atoms with Crippen molar-refractivity contribution in [2.75, 3.05) is 14.2 Å². The molecule has 0 aliphatic carbocycles. The molecule has 1 aromatic rings. The quantitative estimate of drug-likeness (QED) is 0.648. The molecule has 1 atom stereocenters. The second-order valence-corrected chi connectivity index (χ2v) is 5.02. The van der Waals surface area contributed by atoms with Crippen LogP contribution in [-0.2, 0) is 6.54 Å². The van der Waals surface area contributed by atoms with Gasteiger partial charge in [-0.25, -0.2) is 5.43 Å². The van der Waals surface area contributed by atoms with E-state index in [2.05, 4.69) is 22.8 Å². The van der Waals surface area contributed by atoms with Crippen LogP contribution in [-0.4, -0.2) is 25.6 Å². The highest BCUT2D eigenvalue weighted by molar-refractivity contribution is 6.22. The number of hydrazine groups is 1. The van der Waals surface area contributed by atoms with Crippen LogP contribution in [0.2, 0.25) is 0 Å². The lowest BCUT2D eigenvalue weighted by molar-refractivity contribution is 0.391. The third-order valence-electron chi connectivity index (χ3n) is 3.30. The van der Waals surface area contributed by atoms with E-state index in [1.54, 1.807) is 14.2 Å². The maximum absolute atomic E-state index is 6.12. The summed E-state index contributed by atoms with van der Waals surface area (Å²) in [7, 11) is 3.27. The van der Waals surface area contributed by atoms with Crippen LogP contribution in [0, 0.1) is 0 Å².